The number of hydrogen-bond donors (Lipinski definition) is 1. The zero-order valence-electron chi connectivity index (χ0n) is 18.6. The third-order valence-electron chi connectivity index (χ3n) is 5.09. The van der Waals surface area contributed by atoms with Gasteiger partial charge in [0.15, 0.2) is 0 Å². The van der Waals surface area contributed by atoms with Crippen molar-refractivity contribution in [1.29, 1.82) is 0 Å². The van der Waals surface area contributed by atoms with Crippen LogP contribution in [0.2, 0.25) is 0 Å². The Morgan fingerprint density at radius 3 is 2.26 bits per heavy atom. The van der Waals surface area contributed by atoms with E-state index < -0.39 is 6.04 Å². The summed E-state index contributed by atoms with van der Waals surface area (Å²) in [7, 11) is 1.62. The number of methoxy groups -OCH3 is 1. The summed E-state index contributed by atoms with van der Waals surface area (Å²) in [4.78, 5) is 27.3. The molecular formula is C24H31FN2O3S. The Hall–Kier alpha value is -2.54. The lowest BCUT2D eigenvalue weighted by Gasteiger charge is -2.29. The van der Waals surface area contributed by atoms with Crippen LogP contribution in [0.3, 0.4) is 0 Å². The highest BCUT2D eigenvalue weighted by atomic mass is 32.2. The Labute approximate surface area is 188 Å². The van der Waals surface area contributed by atoms with Crippen molar-refractivity contribution >= 4 is 23.6 Å². The normalized spacial score (nSPS) is 12.7. The van der Waals surface area contributed by atoms with Gasteiger partial charge in [-0.2, -0.15) is 0 Å². The summed E-state index contributed by atoms with van der Waals surface area (Å²) in [6, 6.07) is 13.1. The van der Waals surface area contributed by atoms with Gasteiger partial charge in [-0.15, -0.1) is 11.8 Å². The molecule has 2 aromatic rings. The number of nitrogens with one attached hydrogen (secondary N) is 1. The first-order valence-corrected chi connectivity index (χ1v) is 11.5. The van der Waals surface area contributed by atoms with E-state index in [4.69, 9.17) is 4.74 Å². The summed E-state index contributed by atoms with van der Waals surface area (Å²) in [6.07, 6.45) is 0.808. The van der Waals surface area contributed by atoms with E-state index in [1.807, 2.05) is 38.1 Å². The fourth-order valence-electron chi connectivity index (χ4n) is 2.90. The van der Waals surface area contributed by atoms with Crippen molar-refractivity contribution in [2.75, 3.05) is 12.9 Å². The summed E-state index contributed by atoms with van der Waals surface area (Å²) >= 11 is 1.49. The maximum Gasteiger partial charge on any atom is 0.242 e. The Bertz CT molecular complexity index is 843. The van der Waals surface area contributed by atoms with Crippen molar-refractivity contribution in [1.82, 2.24) is 10.2 Å². The predicted octanol–water partition coefficient (Wildman–Crippen LogP) is 4.40. The van der Waals surface area contributed by atoms with Gasteiger partial charge in [0.2, 0.25) is 11.8 Å². The van der Waals surface area contributed by atoms with Crippen LogP contribution in [0.15, 0.2) is 48.5 Å². The van der Waals surface area contributed by atoms with Crippen LogP contribution in [0.4, 0.5) is 4.39 Å². The molecule has 1 N–H and O–H groups in total. The third kappa shape index (κ3) is 7.90. The molecule has 0 aromatic heterocycles. The van der Waals surface area contributed by atoms with Crippen molar-refractivity contribution in [3.05, 3.63) is 65.5 Å². The van der Waals surface area contributed by atoms with E-state index in [0.29, 0.717) is 5.75 Å². The van der Waals surface area contributed by atoms with Crippen LogP contribution in [-0.2, 0) is 21.9 Å². The standard InChI is InChI=1S/C24H31FN2O3S/c1-5-17(2)26-24(29)18(3)27(14-19-6-10-21(25)11-7-19)23(28)16-31-15-20-8-12-22(30-4)13-9-20/h6-13,17-18H,5,14-16H2,1-4H3,(H,26,29)/t17-,18+/m1/s1. The second kappa shape index (κ2) is 12.3. The van der Waals surface area contributed by atoms with Crippen molar-refractivity contribution in [2.45, 2.75) is 51.6 Å². The summed E-state index contributed by atoms with van der Waals surface area (Å²) in [5, 5.41) is 2.94. The average molecular weight is 447 g/mol. The van der Waals surface area contributed by atoms with Gasteiger partial charge in [0.25, 0.3) is 0 Å². The number of carbonyl (C=O) groups excluding carboxylic acids is 2. The van der Waals surface area contributed by atoms with Gasteiger partial charge in [-0.25, -0.2) is 4.39 Å². The molecule has 7 heteroatoms. The number of amides is 2. The Morgan fingerprint density at radius 1 is 1.06 bits per heavy atom. The molecule has 2 amide bonds. The minimum Gasteiger partial charge on any atom is -0.497 e. The molecule has 0 spiro atoms. The first-order valence-electron chi connectivity index (χ1n) is 10.4. The number of hydrogen-bond acceptors (Lipinski definition) is 4. The topological polar surface area (TPSA) is 58.6 Å². The molecule has 0 radical (unpaired) electrons. The number of rotatable bonds is 11. The fraction of sp³-hybridized carbons (Fsp3) is 0.417. The molecule has 2 atom stereocenters. The first-order chi connectivity index (χ1) is 14.8. The summed E-state index contributed by atoms with van der Waals surface area (Å²) < 4.78 is 18.4. The lowest BCUT2D eigenvalue weighted by molar-refractivity contribution is -0.138. The van der Waals surface area contributed by atoms with Gasteiger partial charge in [-0.05, 0) is 55.7 Å². The second-order valence-corrected chi connectivity index (χ2v) is 8.47. The van der Waals surface area contributed by atoms with E-state index in [-0.39, 0.29) is 36.0 Å². The number of benzene rings is 2. The lowest BCUT2D eigenvalue weighted by atomic mass is 10.1. The van der Waals surface area contributed by atoms with Gasteiger partial charge in [0.1, 0.15) is 17.6 Å². The van der Waals surface area contributed by atoms with Crippen LogP contribution in [0.1, 0.15) is 38.3 Å². The maximum absolute atomic E-state index is 13.3. The second-order valence-electron chi connectivity index (χ2n) is 7.48. The summed E-state index contributed by atoms with van der Waals surface area (Å²) in [5.41, 5.74) is 1.87. The van der Waals surface area contributed by atoms with Crippen molar-refractivity contribution in [2.24, 2.45) is 0 Å². The lowest BCUT2D eigenvalue weighted by Crippen LogP contribution is -2.50. The fourth-order valence-corrected chi connectivity index (χ4v) is 3.77. The molecule has 0 bridgehead atoms. The first kappa shape index (κ1) is 24.7. The van der Waals surface area contributed by atoms with E-state index in [9.17, 15) is 14.0 Å². The van der Waals surface area contributed by atoms with E-state index >= 15 is 0 Å². The highest BCUT2D eigenvalue weighted by Gasteiger charge is 2.26. The molecule has 0 unspecified atom stereocenters. The number of halogens is 1. The largest absolute Gasteiger partial charge is 0.497 e. The van der Waals surface area contributed by atoms with Crippen molar-refractivity contribution in [3.8, 4) is 5.75 Å². The molecule has 2 rings (SSSR count). The van der Waals surface area contributed by atoms with Crippen molar-refractivity contribution < 1.29 is 18.7 Å². The van der Waals surface area contributed by atoms with E-state index in [0.717, 1.165) is 23.3 Å². The molecule has 0 aliphatic rings. The zero-order valence-corrected chi connectivity index (χ0v) is 19.4. The highest BCUT2D eigenvalue weighted by Crippen LogP contribution is 2.18. The highest BCUT2D eigenvalue weighted by molar-refractivity contribution is 7.99. The van der Waals surface area contributed by atoms with Gasteiger partial charge in [-0.1, -0.05) is 31.2 Å². The minimum absolute atomic E-state index is 0.0298. The Balaban J connectivity index is 2.04. The predicted molar refractivity (Wildman–Crippen MR) is 123 cm³/mol. The number of thioether (sulfide) groups is 1. The molecule has 0 aliphatic heterocycles. The van der Waals surface area contributed by atoms with E-state index in [1.165, 1.54) is 23.9 Å². The maximum atomic E-state index is 13.3. The summed E-state index contributed by atoms with van der Waals surface area (Å²) in [5.74, 6) is 1.05. The van der Waals surface area contributed by atoms with Gasteiger partial charge >= 0.3 is 0 Å². The van der Waals surface area contributed by atoms with E-state index in [2.05, 4.69) is 5.32 Å². The molecule has 0 heterocycles. The van der Waals surface area contributed by atoms with Crippen LogP contribution in [0.5, 0.6) is 5.75 Å². The third-order valence-corrected chi connectivity index (χ3v) is 6.08. The van der Waals surface area contributed by atoms with Gasteiger partial charge in [0, 0.05) is 18.3 Å². The molecule has 0 fully saturated rings. The van der Waals surface area contributed by atoms with Crippen LogP contribution < -0.4 is 10.1 Å². The molecule has 5 nitrogen and oxygen atoms in total. The molecule has 0 saturated carbocycles. The van der Waals surface area contributed by atoms with Gasteiger partial charge in [-0.3, -0.25) is 9.59 Å². The zero-order chi connectivity index (χ0) is 22.8. The minimum atomic E-state index is -0.631. The molecule has 168 valence electrons. The van der Waals surface area contributed by atoms with Crippen LogP contribution in [0, 0.1) is 5.82 Å². The Kier molecular flexibility index (Phi) is 9.85. The monoisotopic (exact) mass is 446 g/mol. The Morgan fingerprint density at radius 2 is 1.68 bits per heavy atom. The number of nitrogens with zero attached hydrogens (tertiary/aromatic N) is 1. The molecular weight excluding hydrogens is 415 g/mol. The van der Waals surface area contributed by atoms with Gasteiger partial charge in [0.05, 0.1) is 12.9 Å². The van der Waals surface area contributed by atoms with Crippen LogP contribution in [0.25, 0.3) is 0 Å². The number of ether oxygens (including phenoxy) is 1. The van der Waals surface area contributed by atoms with E-state index in [1.54, 1.807) is 31.1 Å². The SMILES string of the molecule is CC[C@@H](C)NC(=O)[C@H](C)N(Cc1ccc(F)cc1)C(=O)CSCc1ccc(OC)cc1. The van der Waals surface area contributed by atoms with Crippen LogP contribution >= 0.6 is 11.8 Å². The van der Waals surface area contributed by atoms with Gasteiger partial charge < -0.3 is 15.0 Å². The average Bonchev–Trinajstić information content (AvgIpc) is 2.78. The molecule has 0 aliphatic carbocycles. The van der Waals surface area contributed by atoms with Crippen molar-refractivity contribution in [3.63, 3.8) is 0 Å². The summed E-state index contributed by atoms with van der Waals surface area (Å²) in [6.45, 7) is 5.90. The van der Waals surface area contributed by atoms with Crippen LogP contribution in [-0.4, -0.2) is 41.7 Å². The quantitative estimate of drug-likeness (QED) is 0.556. The molecule has 31 heavy (non-hydrogen) atoms. The smallest absolute Gasteiger partial charge is 0.242 e. The molecule has 2 aromatic carbocycles. The molecule has 0 saturated heterocycles. The number of carbonyl (C=O) groups is 2.